The number of imidazole rings is 1. The molecule has 4 rings (SSSR count). The van der Waals surface area contributed by atoms with Crippen LogP contribution in [0.15, 0.2) is 48.2 Å². The SMILES string of the molecule is CN(C)C(=O)c1ccc(C(N)=C(C=[NH2+])c2ccc3ncc(-c4nccs4)n3c2)s1. The lowest BCUT2D eigenvalue weighted by atomic mass is 10.1. The van der Waals surface area contributed by atoms with Gasteiger partial charge in [0.2, 0.25) is 0 Å². The summed E-state index contributed by atoms with van der Waals surface area (Å²) in [5.41, 5.74) is 10.2. The molecule has 4 aromatic rings. The highest BCUT2D eigenvalue weighted by atomic mass is 32.1. The van der Waals surface area contributed by atoms with Crippen LogP contribution in [0.25, 0.3) is 27.6 Å². The molecule has 4 aromatic heterocycles. The zero-order chi connectivity index (χ0) is 20.5. The van der Waals surface area contributed by atoms with Crippen molar-refractivity contribution in [3.05, 3.63) is 63.6 Å². The summed E-state index contributed by atoms with van der Waals surface area (Å²) in [6, 6.07) is 7.47. The third-order valence-electron chi connectivity index (χ3n) is 4.41. The number of rotatable bonds is 5. The third-order valence-corrected chi connectivity index (χ3v) is 6.32. The number of thiophene rings is 1. The molecule has 0 bridgehead atoms. The first-order valence-corrected chi connectivity index (χ1v) is 10.4. The molecule has 4 N–H and O–H groups in total. The average Bonchev–Trinajstić information content (AvgIpc) is 3.46. The summed E-state index contributed by atoms with van der Waals surface area (Å²) in [7, 11) is 3.45. The highest BCUT2D eigenvalue weighted by Crippen LogP contribution is 2.29. The predicted octanol–water partition coefficient (Wildman–Crippen LogP) is 1.88. The molecule has 9 heteroatoms. The van der Waals surface area contributed by atoms with Gasteiger partial charge in [-0.25, -0.2) is 9.97 Å². The Kier molecular flexibility index (Phi) is 4.99. The van der Waals surface area contributed by atoms with E-state index in [9.17, 15) is 4.79 Å². The lowest BCUT2D eigenvalue weighted by molar-refractivity contribution is -0.103. The number of carbonyl (C=O) groups is 1. The van der Waals surface area contributed by atoms with E-state index in [2.05, 4.69) is 9.97 Å². The maximum absolute atomic E-state index is 12.2. The van der Waals surface area contributed by atoms with Crippen LogP contribution >= 0.6 is 22.7 Å². The van der Waals surface area contributed by atoms with Gasteiger partial charge in [0.15, 0.2) is 6.21 Å². The smallest absolute Gasteiger partial charge is 0.263 e. The fourth-order valence-corrected chi connectivity index (χ4v) is 4.58. The van der Waals surface area contributed by atoms with Crippen LogP contribution in [0.5, 0.6) is 0 Å². The van der Waals surface area contributed by atoms with Crippen LogP contribution in [0, 0.1) is 0 Å². The van der Waals surface area contributed by atoms with Crippen LogP contribution in [0.2, 0.25) is 0 Å². The molecule has 7 nitrogen and oxygen atoms in total. The highest BCUT2D eigenvalue weighted by Gasteiger charge is 2.16. The van der Waals surface area contributed by atoms with Gasteiger partial charge < -0.3 is 10.6 Å². The third kappa shape index (κ3) is 3.45. The molecule has 0 aliphatic rings. The Bertz CT molecular complexity index is 1230. The number of hydrogen-bond donors (Lipinski definition) is 2. The summed E-state index contributed by atoms with van der Waals surface area (Å²) in [6.45, 7) is 0. The molecule has 29 heavy (non-hydrogen) atoms. The van der Waals surface area contributed by atoms with Gasteiger partial charge in [-0.15, -0.1) is 22.7 Å². The molecule has 146 valence electrons. The number of thiazole rings is 1. The minimum absolute atomic E-state index is 0.0553. The largest absolute Gasteiger partial charge is 0.397 e. The van der Waals surface area contributed by atoms with Gasteiger partial charge in [0.05, 0.1) is 27.2 Å². The normalized spacial score (nSPS) is 12.1. The van der Waals surface area contributed by atoms with Crippen LogP contribution in [-0.4, -0.2) is 45.5 Å². The number of fused-ring (bicyclic) bond motifs is 1. The fourth-order valence-electron chi connectivity index (χ4n) is 2.94. The number of pyridine rings is 1. The second-order valence-corrected chi connectivity index (χ2v) is 8.46. The molecule has 0 unspecified atom stereocenters. The van der Waals surface area contributed by atoms with E-state index in [0.717, 1.165) is 26.8 Å². The molecule has 0 aromatic carbocycles. The van der Waals surface area contributed by atoms with E-state index in [4.69, 9.17) is 11.1 Å². The summed E-state index contributed by atoms with van der Waals surface area (Å²) >= 11 is 2.90. The van der Waals surface area contributed by atoms with Gasteiger partial charge >= 0.3 is 0 Å². The molecule has 0 saturated heterocycles. The average molecular weight is 424 g/mol. The minimum Gasteiger partial charge on any atom is -0.397 e. The molecule has 0 spiro atoms. The van der Waals surface area contributed by atoms with Crippen LogP contribution in [-0.2, 0) is 0 Å². The quantitative estimate of drug-likeness (QED) is 0.479. The van der Waals surface area contributed by atoms with Crippen molar-refractivity contribution in [2.45, 2.75) is 0 Å². The number of aromatic nitrogens is 3. The molecular weight excluding hydrogens is 404 g/mol. The van der Waals surface area contributed by atoms with Crippen molar-refractivity contribution >= 4 is 51.7 Å². The van der Waals surface area contributed by atoms with Crippen molar-refractivity contribution in [1.82, 2.24) is 19.3 Å². The lowest BCUT2D eigenvalue weighted by Gasteiger charge is -2.08. The first kappa shape index (κ1) is 19.0. The van der Waals surface area contributed by atoms with Crippen LogP contribution in [0.1, 0.15) is 20.1 Å². The Morgan fingerprint density at radius 1 is 1.21 bits per heavy atom. The second-order valence-electron chi connectivity index (χ2n) is 6.48. The Morgan fingerprint density at radius 3 is 2.69 bits per heavy atom. The molecular formula is C20H19N6OS2+. The summed E-state index contributed by atoms with van der Waals surface area (Å²) in [4.78, 5) is 24.0. The molecule has 4 heterocycles. The fraction of sp³-hybridized carbons (Fsp3) is 0.100. The Hall–Kier alpha value is -3.30. The van der Waals surface area contributed by atoms with Gasteiger partial charge in [0.1, 0.15) is 16.3 Å². The van der Waals surface area contributed by atoms with Crippen molar-refractivity contribution in [3.8, 4) is 10.7 Å². The van der Waals surface area contributed by atoms with Crippen LogP contribution in [0.3, 0.4) is 0 Å². The number of hydrogen-bond acceptors (Lipinski definition) is 6. The maximum Gasteiger partial charge on any atom is 0.263 e. The van der Waals surface area contributed by atoms with Crippen LogP contribution < -0.4 is 11.1 Å². The van der Waals surface area contributed by atoms with Crippen molar-refractivity contribution in [1.29, 1.82) is 0 Å². The van der Waals surface area contributed by atoms with Gasteiger partial charge in [0, 0.05) is 37.4 Å². The number of allylic oxidation sites excluding steroid dienone is 1. The Balaban J connectivity index is 1.79. The zero-order valence-corrected chi connectivity index (χ0v) is 17.5. The maximum atomic E-state index is 12.2. The first-order valence-electron chi connectivity index (χ1n) is 8.73. The van der Waals surface area contributed by atoms with Crippen molar-refractivity contribution in [3.63, 3.8) is 0 Å². The lowest BCUT2D eigenvalue weighted by Crippen LogP contribution is -2.31. The van der Waals surface area contributed by atoms with E-state index in [-0.39, 0.29) is 5.91 Å². The van der Waals surface area contributed by atoms with Crippen molar-refractivity contribution in [2.75, 3.05) is 14.1 Å². The number of nitrogens with zero attached hydrogens (tertiary/aromatic N) is 4. The van der Waals surface area contributed by atoms with E-state index in [0.29, 0.717) is 16.1 Å². The van der Waals surface area contributed by atoms with Gasteiger partial charge in [-0.1, -0.05) is 0 Å². The van der Waals surface area contributed by atoms with Crippen molar-refractivity contribution < 1.29 is 10.2 Å². The molecule has 0 radical (unpaired) electrons. The Morgan fingerprint density at radius 2 is 2.00 bits per heavy atom. The highest BCUT2D eigenvalue weighted by molar-refractivity contribution is 7.15. The van der Waals surface area contributed by atoms with Crippen molar-refractivity contribution in [2.24, 2.45) is 5.73 Å². The van der Waals surface area contributed by atoms with E-state index in [1.165, 1.54) is 17.6 Å². The van der Waals surface area contributed by atoms with E-state index < -0.39 is 0 Å². The molecule has 0 fully saturated rings. The molecule has 1 amide bonds. The zero-order valence-electron chi connectivity index (χ0n) is 15.9. The summed E-state index contributed by atoms with van der Waals surface area (Å²) < 4.78 is 1.97. The molecule has 0 aliphatic carbocycles. The Labute approximate surface area is 175 Å². The number of carbonyl (C=O) groups excluding carboxylic acids is 1. The van der Waals surface area contributed by atoms with Gasteiger partial charge in [-0.05, 0) is 24.3 Å². The van der Waals surface area contributed by atoms with E-state index in [1.54, 1.807) is 48.8 Å². The minimum atomic E-state index is -0.0553. The number of amides is 1. The van der Waals surface area contributed by atoms with E-state index >= 15 is 0 Å². The molecule has 0 atom stereocenters. The monoisotopic (exact) mass is 423 g/mol. The van der Waals surface area contributed by atoms with Crippen LogP contribution in [0.4, 0.5) is 0 Å². The van der Waals surface area contributed by atoms with Gasteiger partial charge in [-0.2, -0.15) is 0 Å². The topological polar surface area (TPSA) is 102 Å². The van der Waals surface area contributed by atoms with E-state index in [1.807, 2.05) is 34.2 Å². The summed E-state index contributed by atoms with van der Waals surface area (Å²) in [5, 5.41) is 8.76. The molecule has 0 aliphatic heterocycles. The summed E-state index contributed by atoms with van der Waals surface area (Å²) in [5.74, 6) is -0.0553. The molecule has 0 saturated carbocycles. The summed E-state index contributed by atoms with van der Waals surface area (Å²) in [6.07, 6.45) is 7.01. The first-order chi connectivity index (χ1) is 14.0. The van der Waals surface area contributed by atoms with Gasteiger partial charge in [-0.3, -0.25) is 14.6 Å². The van der Waals surface area contributed by atoms with Gasteiger partial charge in [0.25, 0.3) is 5.91 Å². The predicted molar refractivity (Wildman–Crippen MR) is 118 cm³/mol. The second kappa shape index (κ2) is 7.61. The number of nitrogens with two attached hydrogens (primary N) is 2. The standard InChI is InChI=1S/C20H18N6OS2/c1-25(2)20(27)16-5-4-15(29-16)18(22)13(9-21)12-3-6-17-24-10-14(26(17)11-12)19-23-7-8-28-19/h3-11,21H,22H2,1-2H3/p+1.